The van der Waals surface area contributed by atoms with E-state index in [2.05, 4.69) is 0 Å². The summed E-state index contributed by atoms with van der Waals surface area (Å²) in [5.41, 5.74) is 0.496. The van der Waals surface area contributed by atoms with Gasteiger partial charge in [0.2, 0.25) is 0 Å². The van der Waals surface area contributed by atoms with Gasteiger partial charge < -0.3 is 9.84 Å². The number of nitrogens with zero attached hydrogens (tertiary/aromatic N) is 1. The van der Waals surface area contributed by atoms with Gasteiger partial charge in [0.25, 0.3) is 0 Å². The van der Waals surface area contributed by atoms with Crippen molar-refractivity contribution in [2.24, 2.45) is 0 Å². The fourth-order valence-corrected chi connectivity index (χ4v) is 4.17. The van der Waals surface area contributed by atoms with Gasteiger partial charge in [0.05, 0.1) is 5.56 Å². The second-order valence-corrected chi connectivity index (χ2v) is 8.14. The molecule has 1 heterocycles. The zero-order valence-corrected chi connectivity index (χ0v) is 18.5. The third kappa shape index (κ3) is 5.38. The number of alkyl halides is 3. The lowest BCUT2D eigenvalue weighted by molar-refractivity contribution is -0.137. The Labute approximate surface area is 190 Å². The van der Waals surface area contributed by atoms with Crippen LogP contribution in [-0.4, -0.2) is 40.6 Å². The molecule has 0 spiro atoms. The highest BCUT2D eigenvalue weighted by Gasteiger charge is 2.43. The summed E-state index contributed by atoms with van der Waals surface area (Å²) >= 11 is 0. The first-order chi connectivity index (χ1) is 15.6. The van der Waals surface area contributed by atoms with Gasteiger partial charge in [-0.3, -0.25) is 9.69 Å². The predicted molar refractivity (Wildman–Crippen MR) is 118 cm³/mol. The molecule has 2 aromatic carbocycles. The number of carboxylic acid groups (broad SMARTS) is 1. The minimum Gasteiger partial charge on any atom is -0.489 e. The van der Waals surface area contributed by atoms with E-state index >= 15 is 0 Å². The van der Waals surface area contributed by atoms with Crippen LogP contribution in [0.25, 0.3) is 6.08 Å². The molecule has 1 aliphatic heterocycles. The Morgan fingerprint density at radius 3 is 2.48 bits per heavy atom. The highest BCUT2D eigenvalue weighted by molar-refractivity contribution is 5.91. The van der Waals surface area contributed by atoms with E-state index in [9.17, 15) is 27.9 Å². The van der Waals surface area contributed by atoms with Gasteiger partial charge in [-0.05, 0) is 54.3 Å². The first-order valence-electron chi connectivity index (χ1n) is 10.7. The topological polar surface area (TPSA) is 66.8 Å². The van der Waals surface area contributed by atoms with Crippen molar-refractivity contribution >= 4 is 18.0 Å². The average molecular weight is 461 g/mol. The molecule has 0 saturated heterocycles. The molecule has 1 aliphatic rings. The van der Waals surface area contributed by atoms with Gasteiger partial charge in [-0.1, -0.05) is 37.3 Å². The Kier molecular flexibility index (Phi) is 7.15. The third-order valence-electron chi connectivity index (χ3n) is 5.98. The standard InChI is InChI=1S/C25H26F3NO4/c1-3-22(30)24(2)16-18-7-4-8-21(20(18)13-14-29(24)23(31)32)33-15-5-6-17-9-11-19(12-10-17)25(26,27)28/h4-12H,3,13-16H2,1-2H3,(H,31,32)/b6-5+. The molecule has 0 aliphatic carbocycles. The number of ether oxygens (including phenoxy) is 1. The fourth-order valence-electron chi connectivity index (χ4n) is 4.17. The maximum Gasteiger partial charge on any atom is 0.416 e. The van der Waals surface area contributed by atoms with E-state index in [0.29, 0.717) is 17.7 Å². The molecule has 0 fully saturated rings. The fraction of sp³-hybridized carbons (Fsp3) is 0.360. The van der Waals surface area contributed by atoms with Crippen molar-refractivity contribution in [3.63, 3.8) is 0 Å². The van der Waals surface area contributed by atoms with Crippen molar-refractivity contribution in [3.05, 3.63) is 70.8 Å². The molecule has 33 heavy (non-hydrogen) atoms. The monoisotopic (exact) mass is 461 g/mol. The van der Waals surface area contributed by atoms with Gasteiger partial charge in [-0.25, -0.2) is 4.79 Å². The maximum atomic E-state index is 12.7. The summed E-state index contributed by atoms with van der Waals surface area (Å²) in [5, 5.41) is 9.71. The number of carbonyl (C=O) groups is 2. The summed E-state index contributed by atoms with van der Waals surface area (Å²) in [5.74, 6) is 0.464. The van der Waals surface area contributed by atoms with E-state index in [1.807, 2.05) is 6.07 Å². The number of ketones is 1. The van der Waals surface area contributed by atoms with Crippen LogP contribution in [0.1, 0.15) is 42.5 Å². The number of benzene rings is 2. The van der Waals surface area contributed by atoms with E-state index in [1.165, 1.54) is 17.0 Å². The number of amides is 1. The van der Waals surface area contributed by atoms with Gasteiger partial charge >= 0.3 is 12.3 Å². The molecule has 1 N–H and O–H groups in total. The zero-order chi connectivity index (χ0) is 24.2. The summed E-state index contributed by atoms with van der Waals surface area (Å²) in [6, 6.07) is 10.3. The summed E-state index contributed by atoms with van der Waals surface area (Å²) in [7, 11) is 0. The largest absolute Gasteiger partial charge is 0.489 e. The number of hydrogen-bond donors (Lipinski definition) is 1. The van der Waals surface area contributed by atoms with Gasteiger partial charge in [0, 0.05) is 19.4 Å². The van der Waals surface area contributed by atoms with Gasteiger partial charge in [-0.2, -0.15) is 13.2 Å². The van der Waals surface area contributed by atoms with Crippen molar-refractivity contribution in [3.8, 4) is 5.75 Å². The van der Waals surface area contributed by atoms with Crippen molar-refractivity contribution in [2.45, 2.75) is 44.8 Å². The number of rotatable bonds is 6. The molecule has 5 nitrogen and oxygen atoms in total. The third-order valence-corrected chi connectivity index (χ3v) is 5.98. The predicted octanol–water partition coefficient (Wildman–Crippen LogP) is 5.61. The quantitative estimate of drug-likeness (QED) is 0.607. The number of halogens is 3. The van der Waals surface area contributed by atoms with Crippen molar-refractivity contribution in [1.82, 2.24) is 4.90 Å². The molecule has 1 amide bonds. The Hall–Kier alpha value is -3.29. The van der Waals surface area contributed by atoms with E-state index < -0.39 is 23.4 Å². The Balaban J connectivity index is 1.75. The SMILES string of the molecule is CCC(=O)C1(C)Cc2cccc(OC/C=C/c3ccc(C(F)(F)F)cc3)c2CCN1C(=O)O. The Morgan fingerprint density at radius 1 is 1.18 bits per heavy atom. The van der Waals surface area contributed by atoms with E-state index in [-0.39, 0.29) is 31.8 Å². The van der Waals surface area contributed by atoms with E-state index in [0.717, 1.165) is 23.3 Å². The molecule has 0 aromatic heterocycles. The highest BCUT2D eigenvalue weighted by Crippen LogP contribution is 2.34. The summed E-state index contributed by atoms with van der Waals surface area (Å²) in [6.45, 7) is 3.75. The van der Waals surface area contributed by atoms with Crippen LogP contribution in [0.5, 0.6) is 5.75 Å². The minimum atomic E-state index is -4.37. The minimum absolute atomic E-state index is 0.136. The van der Waals surface area contributed by atoms with E-state index in [1.54, 1.807) is 38.1 Å². The van der Waals surface area contributed by atoms with Crippen LogP contribution < -0.4 is 4.74 Å². The molecule has 176 valence electrons. The van der Waals surface area contributed by atoms with Crippen LogP contribution in [0.2, 0.25) is 0 Å². The maximum absolute atomic E-state index is 12.7. The van der Waals surface area contributed by atoms with Crippen LogP contribution in [0.4, 0.5) is 18.0 Å². The molecule has 8 heteroatoms. The second kappa shape index (κ2) is 9.68. The van der Waals surface area contributed by atoms with Gasteiger partial charge in [-0.15, -0.1) is 0 Å². The van der Waals surface area contributed by atoms with Gasteiger partial charge in [0.15, 0.2) is 5.78 Å². The van der Waals surface area contributed by atoms with Crippen molar-refractivity contribution < 1.29 is 32.6 Å². The summed E-state index contributed by atoms with van der Waals surface area (Å²) in [6.07, 6.45) is -1.22. The molecule has 0 saturated carbocycles. The molecule has 3 rings (SSSR count). The number of carbonyl (C=O) groups excluding carboxylic acids is 1. The molecular weight excluding hydrogens is 435 g/mol. The van der Waals surface area contributed by atoms with Gasteiger partial charge in [0.1, 0.15) is 17.9 Å². The first kappa shape index (κ1) is 24.4. The summed E-state index contributed by atoms with van der Waals surface area (Å²) in [4.78, 5) is 25.8. The van der Waals surface area contributed by atoms with Crippen LogP contribution in [0.15, 0.2) is 48.5 Å². The zero-order valence-electron chi connectivity index (χ0n) is 18.5. The van der Waals surface area contributed by atoms with Crippen molar-refractivity contribution in [2.75, 3.05) is 13.2 Å². The Morgan fingerprint density at radius 2 is 1.88 bits per heavy atom. The van der Waals surface area contributed by atoms with Crippen LogP contribution >= 0.6 is 0 Å². The van der Waals surface area contributed by atoms with Crippen LogP contribution in [0, 0.1) is 0 Å². The molecular formula is C25H26F3NO4. The lowest BCUT2D eigenvalue weighted by Gasteiger charge is -2.36. The Bertz CT molecular complexity index is 1050. The number of fused-ring (bicyclic) bond motifs is 1. The first-order valence-corrected chi connectivity index (χ1v) is 10.7. The molecule has 0 radical (unpaired) electrons. The van der Waals surface area contributed by atoms with Crippen molar-refractivity contribution in [1.29, 1.82) is 0 Å². The lowest BCUT2D eigenvalue weighted by atomic mass is 9.85. The molecule has 0 bridgehead atoms. The van der Waals surface area contributed by atoms with E-state index in [4.69, 9.17) is 4.74 Å². The average Bonchev–Trinajstić information content (AvgIpc) is 2.92. The van der Waals surface area contributed by atoms with Crippen LogP contribution in [0.3, 0.4) is 0 Å². The van der Waals surface area contributed by atoms with Crippen LogP contribution in [-0.2, 0) is 23.8 Å². The smallest absolute Gasteiger partial charge is 0.416 e. The normalized spacial score (nSPS) is 18.6. The lowest BCUT2D eigenvalue weighted by Crippen LogP contribution is -2.55. The molecule has 1 unspecified atom stereocenters. The number of Topliss-reactive ketones (excluding diaryl/α,β-unsaturated/α-hetero) is 1. The molecule has 2 aromatic rings. The second-order valence-electron chi connectivity index (χ2n) is 8.14. The number of hydrogen-bond acceptors (Lipinski definition) is 3. The molecule has 1 atom stereocenters. The highest BCUT2D eigenvalue weighted by atomic mass is 19.4. The summed E-state index contributed by atoms with van der Waals surface area (Å²) < 4.78 is 43.9.